The summed E-state index contributed by atoms with van der Waals surface area (Å²) in [5.74, 6) is 1.40. The number of fused-ring (bicyclic) bond motifs is 3. The molecular formula is C22H24BrN3O3. The van der Waals surface area contributed by atoms with Gasteiger partial charge < -0.3 is 24.7 Å². The molecule has 2 heterocycles. The minimum Gasteiger partial charge on any atom is -0.493 e. The van der Waals surface area contributed by atoms with E-state index in [-0.39, 0.29) is 6.03 Å². The summed E-state index contributed by atoms with van der Waals surface area (Å²) < 4.78 is 11.7. The number of aromatic nitrogens is 1. The largest absolute Gasteiger partial charge is 0.493 e. The van der Waals surface area contributed by atoms with Crippen LogP contribution in [0.4, 0.5) is 4.79 Å². The smallest absolute Gasteiger partial charge is 0.317 e. The molecule has 6 nitrogen and oxygen atoms in total. The lowest BCUT2D eigenvalue weighted by atomic mass is 10.0. The molecule has 0 saturated heterocycles. The van der Waals surface area contributed by atoms with Crippen LogP contribution in [0, 0.1) is 0 Å². The summed E-state index contributed by atoms with van der Waals surface area (Å²) in [6.45, 7) is 1.89. The average molecular weight is 458 g/mol. The first kappa shape index (κ1) is 19.6. The maximum absolute atomic E-state index is 12.7. The molecule has 0 unspecified atom stereocenters. The number of benzene rings is 2. The molecule has 0 radical (unpaired) electrons. The van der Waals surface area contributed by atoms with E-state index in [1.54, 1.807) is 14.2 Å². The second-order valence-electron chi connectivity index (χ2n) is 7.09. The Balaban J connectivity index is 1.38. The molecule has 0 spiro atoms. The first-order chi connectivity index (χ1) is 14.1. The van der Waals surface area contributed by atoms with E-state index in [4.69, 9.17) is 9.47 Å². The molecule has 0 bridgehead atoms. The van der Waals surface area contributed by atoms with Crippen molar-refractivity contribution >= 4 is 32.9 Å². The molecule has 1 aromatic heterocycles. The Morgan fingerprint density at radius 2 is 2.03 bits per heavy atom. The van der Waals surface area contributed by atoms with Crippen LogP contribution in [0.25, 0.3) is 10.9 Å². The predicted octanol–water partition coefficient (Wildman–Crippen LogP) is 4.26. The summed E-state index contributed by atoms with van der Waals surface area (Å²) in [5, 5.41) is 4.22. The number of hydrogen-bond acceptors (Lipinski definition) is 3. The van der Waals surface area contributed by atoms with E-state index in [1.807, 2.05) is 35.2 Å². The fourth-order valence-electron chi connectivity index (χ4n) is 3.84. The van der Waals surface area contributed by atoms with Gasteiger partial charge in [0.05, 0.1) is 19.7 Å². The molecule has 7 heteroatoms. The molecule has 1 aliphatic rings. The lowest BCUT2D eigenvalue weighted by molar-refractivity contribution is 0.192. The zero-order chi connectivity index (χ0) is 20.4. The van der Waals surface area contributed by atoms with Gasteiger partial charge in [-0.05, 0) is 46.1 Å². The third-order valence-corrected chi connectivity index (χ3v) is 6.05. The highest BCUT2D eigenvalue weighted by Gasteiger charge is 2.24. The van der Waals surface area contributed by atoms with Crippen LogP contribution in [0.3, 0.4) is 0 Å². The van der Waals surface area contributed by atoms with Crippen LogP contribution in [-0.4, -0.2) is 43.2 Å². The van der Waals surface area contributed by atoms with Gasteiger partial charge in [-0.3, -0.25) is 0 Å². The van der Waals surface area contributed by atoms with Gasteiger partial charge in [0.1, 0.15) is 0 Å². The number of ether oxygens (including phenoxy) is 2. The van der Waals surface area contributed by atoms with Crippen LogP contribution in [0.5, 0.6) is 11.5 Å². The number of carbonyl (C=O) groups is 1. The van der Waals surface area contributed by atoms with Crippen LogP contribution in [0.2, 0.25) is 0 Å². The van der Waals surface area contributed by atoms with Crippen LogP contribution < -0.4 is 14.8 Å². The molecule has 2 amide bonds. The van der Waals surface area contributed by atoms with Crippen molar-refractivity contribution in [3.8, 4) is 11.5 Å². The van der Waals surface area contributed by atoms with Gasteiger partial charge in [0, 0.05) is 47.2 Å². The topological polar surface area (TPSA) is 66.6 Å². The first-order valence-electron chi connectivity index (χ1n) is 9.62. The summed E-state index contributed by atoms with van der Waals surface area (Å²) in [6, 6.07) is 12.0. The fourth-order valence-corrected chi connectivity index (χ4v) is 4.30. The maximum atomic E-state index is 12.7. The molecule has 1 aliphatic heterocycles. The van der Waals surface area contributed by atoms with Crippen molar-refractivity contribution in [3.63, 3.8) is 0 Å². The lowest BCUT2D eigenvalue weighted by Gasteiger charge is -2.27. The van der Waals surface area contributed by atoms with Crippen molar-refractivity contribution < 1.29 is 14.3 Å². The van der Waals surface area contributed by atoms with Crippen LogP contribution >= 0.6 is 15.9 Å². The quantitative estimate of drug-likeness (QED) is 0.601. The van der Waals surface area contributed by atoms with E-state index < -0.39 is 0 Å². The number of amides is 2. The Bertz CT molecular complexity index is 1050. The molecule has 0 aliphatic carbocycles. The molecule has 29 heavy (non-hydrogen) atoms. The highest BCUT2D eigenvalue weighted by molar-refractivity contribution is 9.10. The molecular weight excluding hydrogens is 434 g/mol. The number of carbonyl (C=O) groups excluding carboxylic acids is 1. The van der Waals surface area contributed by atoms with Crippen molar-refractivity contribution in [1.29, 1.82) is 0 Å². The normalized spacial score (nSPS) is 13.3. The second-order valence-corrected chi connectivity index (χ2v) is 7.94. The molecule has 0 fully saturated rings. The summed E-state index contributed by atoms with van der Waals surface area (Å²) in [4.78, 5) is 18.1. The summed E-state index contributed by atoms with van der Waals surface area (Å²) in [5.41, 5.74) is 4.63. The second kappa shape index (κ2) is 8.37. The summed E-state index contributed by atoms with van der Waals surface area (Å²) in [7, 11) is 3.24. The summed E-state index contributed by atoms with van der Waals surface area (Å²) in [6.07, 6.45) is 1.56. The first-order valence-corrected chi connectivity index (χ1v) is 10.4. The van der Waals surface area contributed by atoms with Crippen molar-refractivity contribution in [1.82, 2.24) is 15.2 Å². The number of urea groups is 1. The van der Waals surface area contributed by atoms with Gasteiger partial charge in [0.2, 0.25) is 0 Å². The Kier molecular flexibility index (Phi) is 5.67. The molecule has 152 valence electrons. The van der Waals surface area contributed by atoms with Gasteiger partial charge in [0.25, 0.3) is 0 Å². The van der Waals surface area contributed by atoms with Gasteiger partial charge in [-0.1, -0.05) is 18.2 Å². The van der Waals surface area contributed by atoms with Gasteiger partial charge in [-0.2, -0.15) is 0 Å². The van der Waals surface area contributed by atoms with E-state index >= 15 is 0 Å². The van der Waals surface area contributed by atoms with E-state index in [1.165, 1.54) is 16.6 Å². The SMILES string of the molecule is COc1ccc(CCNC(=O)N2CCc3[nH]c4c(Br)cccc4c3C2)cc1OC. The van der Waals surface area contributed by atoms with Gasteiger partial charge >= 0.3 is 6.03 Å². The minimum absolute atomic E-state index is 0.0273. The van der Waals surface area contributed by atoms with E-state index in [2.05, 4.69) is 32.3 Å². The Morgan fingerprint density at radius 3 is 2.83 bits per heavy atom. The standard InChI is InChI=1S/C22H24BrN3O3/c1-28-19-7-6-14(12-20(19)29-2)8-10-24-22(27)26-11-9-18-16(13-26)15-4-3-5-17(23)21(15)25-18/h3-7,12,25H,8-11,13H2,1-2H3,(H,24,27). The number of para-hydroxylation sites is 1. The minimum atomic E-state index is -0.0273. The number of halogens is 1. The van der Waals surface area contributed by atoms with Crippen molar-refractivity contribution in [3.05, 3.63) is 57.7 Å². The number of rotatable bonds is 5. The highest BCUT2D eigenvalue weighted by Crippen LogP contribution is 2.32. The van der Waals surface area contributed by atoms with E-state index in [0.717, 1.165) is 28.4 Å². The molecule has 2 aromatic carbocycles. The third-order valence-electron chi connectivity index (χ3n) is 5.38. The van der Waals surface area contributed by atoms with Gasteiger partial charge in [-0.25, -0.2) is 4.79 Å². The van der Waals surface area contributed by atoms with Crippen molar-refractivity contribution in [2.24, 2.45) is 0 Å². The zero-order valence-electron chi connectivity index (χ0n) is 16.5. The number of methoxy groups -OCH3 is 2. The van der Waals surface area contributed by atoms with Crippen LogP contribution in [0.15, 0.2) is 40.9 Å². The predicted molar refractivity (Wildman–Crippen MR) is 117 cm³/mol. The highest BCUT2D eigenvalue weighted by atomic mass is 79.9. The monoisotopic (exact) mass is 457 g/mol. The zero-order valence-corrected chi connectivity index (χ0v) is 18.1. The Labute approximate surface area is 178 Å². The van der Waals surface area contributed by atoms with Crippen molar-refractivity contribution in [2.75, 3.05) is 27.3 Å². The maximum Gasteiger partial charge on any atom is 0.317 e. The van der Waals surface area contributed by atoms with Crippen molar-refractivity contribution in [2.45, 2.75) is 19.4 Å². The summed E-state index contributed by atoms with van der Waals surface area (Å²) >= 11 is 3.60. The fraction of sp³-hybridized carbons (Fsp3) is 0.318. The van der Waals surface area contributed by atoms with Gasteiger partial charge in [0.15, 0.2) is 11.5 Å². The van der Waals surface area contributed by atoms with E-state index in [9.17, 15) is 4.79 Å². The average Bonchev–Trinajstić information content (AvgIpc) is 3.13. The molecule has 4 rings (SSSR count). The number of H-pyrrole nitrogens is 1. The Morgan fingerprint density at radius 1 is 1.21 bits per heavy atom. The third kappa shape index (κ3) is 3.92. The number of aromatic amines is 1. The number of hydrogen-bond donors (Lipinski definition) is 2. The van der Waals surface area contributed by atoms with Gasteiger partial charge in [-0.15, -0.1) is 0 Å². The molecule has 2 N–H and O–H groups in total. The van der Waals surface area contributed by atoms with E-state index in [0.29, 0.717) is 31.1 Å². The number of nitrogens with one attached hydrogen (secondary N) is 2. The van der Waals surface area contributed by atoms with Crippen LogP contribution in [-0.2, 0) is 19.4 Å². The van der Waals surface area contributed by atoms with Crippen LogP contribution in [0.1, 0.15) is 16.8 Å². The molecule has 0 atom stereocenters. The number of nitrogens with zero attached hydrogens (tertiary/aromatic N) is 1. The molecule has 3 aromatic rings. The molecule has 0 saturated carbocycles. The lowest BCUT2D eigenvalue weighted by Crippen LogP contribution is -2.43. The Hall–Kier alpha value is -2.67.